The fourth-order valence-electron chi connectivity index (χ4n) is 1.14. The van der Waals surface area contributed by atoms with Crippen molar-refractivity contribution in [2.75, 3.05) is 12.4 Å². The van der Waals surface area contributed by atoms with Gasteiger partial charge in [-0.15, -0.1) is 11.8 Å². The van der Waals surface area contributed by atoms with Crippen molar-refractivity contribution in [2.24, 2.45) is 0 Å². The first-order chi connectivity index (χ1) is 10.0. The van der Waals surface area contributed by atoms with Gasteiger partial charge in [-0.1, -0.05) is 0 Å². The molecule has 0 saturated heterocycles. The van der Waals surface area contributed by atoms with E-state index in [2.05, 4.69) is 27.3 Å². The standard InChI is InChI=1S/C11H10F3IO5S2/c12-9(11(13,14)22(17,18)19)5-20-10(16)6-21-8-3-1-7(15)2-4-8/h1-4,9H,5-6H2,(H,17,18,19). The van der Waals surface area contributed by atoms with Gasteiger partial charge >= 0.3 is 21.3 Å². The van der Waals surface area contributed by atoms with Crippen LogP contribution in [0.3, 0.4) is 0 Å². The van der Waals surface area contributed by atoms with Crippen molar-refractivity contribution in [1.29, 1.82) is 0 Å². The molecule has 0 radical (unpaired) electrons. The molecule has 1 aromatic carbocycles. The number of benzene rings is 1. The minimum Gasteiger partial charge on any atom is -0.462 e. The highest BCUT2D eigenvalue weighted by atomic mass is 127. The van der Waals surface area contributed by atoms with Crippen LogP contribution in [0.25, 0.3) is 0 Å². The van der Waals surface area contributed by atoms with E-state index < -0.39 is 34.1 Å². The number of carbonyl (C=O) groups is 1. The lowest BCUT2D eigenvalue weighted by Crippen LogP contribution is -2.41. The second-order valence-corrected chi connectivity index (χ2v) is 7.72. The van der Waals surface area contributed by atoms with Gasteiger partial charge < -0.3 is 4.74 Å². The summed E-state index contributed by atoms with van der Waals surface area (Å²) in [5.41, 5.74) is 0. The molecule has 0 heterocycles. The second kappa shape index (κ2) is 7.84. The zero-order valence-electron chi connectivity index (χ0n) is 10.7. The molecule has 0 aliphatic rings. The molecule has 11 heteroatoms. The molecule has 1 rings (SSSR count). The number of ether oxygens (including phenoxy) is 1. The average molecular weight is 470 g/mol. The van der Waals surface area contributed by atoms with Crippen LogP contribution in [0.5, 0.6) is 0 Å². The molecule has 1 unspecified atom stereocenters. The zero-order chi connectivity index (χ0) is 17.0. The van der Waals surface area contributed by atoms with Crippen LogP contribution in [0.2, 0.25) is 0 Å². The summed E-state index contributed by atoms with van der Waals surface area (Å²) in [6.45, 7) is -1.47. The van der Waals surface area contributed by atoms with Crippen LogP contribution < -0.4 is 0 Å². The highest BCUT2D eigenvalue weighted by Gasteiger charge is 2.53. The summed E-state index contributed by atoms with van der Waals surface area (Å²) in [7, 11) is -5.91. The van der Waals surface area contributed by atoms with Crippen molar-refractivity contribution in [1.82, 2.24) is 0 Å². The van der Waals surface area contributed by atoms with E-state index in [0.717, 1.165) is 20.2 Å². The molecule has 0 fully saturated rings. The Labute approximate surface area is 142 Å². The van der Waals surface area contributed by atoms with Gasteiger partial charge in [0, 0.05) is 8.47 Å². The Morgan fingerprint density at radius 3 is 2.41 bits per heavy atom. The van der Waals surface area contributed by atoms with Crippen molar-refractivity contribution in [3.05, 3.63) is 27.8 Å². The molecule has 0 aliphatic carbocycles. The smallest absolute Gasteiger partial charge is 0.403 e. The Hall–Kier alpha value is -0.530. The molecule has 0 amide bonds. The van der Waals surface area contributed by atoms with E-state index in [0.29, 0.717) is 0 Å². The van der Waals surface area contributed by atoms with E-state index >= 15 is 0 Å². The van der Waals surface area contributed by atoms with E-state index in [9.17, 15) is 26.4 Å². The molecular formula is C11H10F3IO5S2. The molecule has 22 heavy (non-hydrogen) atoms. The van der Waals surface area contributed by atoms with Gasteiger partial charge in [0.2, 0.25) is 6.17 Å². The van der Waals surface area contributed by atoms with Crippen LogP contribution in [-0.2, 0) is 19.6 Å². The van der Waals surface area contributed by atoms with Crippen LogP contribution in [-0.4, -0.2) is 42.7 Å². The SMILES string of the molecule is O=C(CSc1ccc(I)cc1)OCC(F)C(F)(F)S(=O)(=O)O. The van der Waals surface area contributed by atoms with Crippen molar-refractivity contribution in [3.8, 4) is 0 Å². The quantitative estimate of drug-likeness (QED) is 0.286. The normalized spacial score (nSPS) is 13.7. The summed E-state index contributed by atoms with van der Waals surface area (Å²) in [5, 5.41) is -5.03. The van der Waals surface area contributed by atoms with Gasteiger partial charge in [0.25, 0.3) is 0 Å². The van der Waals surface area contributed by atoms with Crippen molar-refractivity contribution >= 4 is 50.4 Å². The molecule has 1 atom stereocenters. The van der Waals surface area contributed by atoms with Crippen LogP contribution in [0.4, 0.5) is 13.2 Å². The van der Waals surface area contributed by atoms with Crippen LogP contribution >= 0.6 is 34.4 Å². The van der Waals surface area contributed by atoms with E-state index in [1.807, 2.05) is 0 Å². The third-order valence-electron chi connectivity index (χ3n) is 2.27. The van der Waals surface area contributed by atoms with E-state index in [1.165, 1.54) is 0 Å². The number of carbonyl (C=O) groups excluding carboxylic acids is 1. The molecule has 1 aromatic rings. The lowest BCUT2D eigenvalue weighted by Gasteiger charge is -2.17. The minimum atomic E-state index is -5.91. The summed E-state index contributed by atoms with van der Waals surface area (Å²) in [5.74, 6) is -1.25. The fourth-order valence-corrected chi connectivity index (χ4v) is 2.59. The monoisotopic (exact) mass is 470 g/mol. The summed E-state index contributed by atoms with van der Waals surface area (Å²) >= 11 is 3.14. The number of alkyl halides is 3. The summed E-state index contributed by atoms with van der Waals surface area (Å²) in [4.78, 5) is 12.0. The summed E-state index contributed by atoms with van der Waals surface area (Å²) in [6.07, 6.45) is -3.35. The van der Waals surface area contributed by atoms with Crippen molar-refractivity contribution < 1.29 is 35.7 Å². The largest absolute Gasteiger partial charge is 0.462 e. The van der Waals surface area contributed by atoms with Crippen LogP contribution in [0.1, 0.15) is 0 Å². The van der Waals surface area contributed by atoms with E-state index in [4.69, 9.17) is 4.55 Å². The Morgan fingerprint density at radius 1 is 1.36 bits per heavy atom. The number of esters is 1. The first-order valence-corrected chi connectivity index (χ1v) is 9.07. The number of hydrogen-bond donors (Lipinski definition) is 1. The Morgan fingerprint density at radius 2 is 1.91 bits per heavy atom. The highest BCUT2D eigenvalue weighted by molar-refractivity contribution is 14.1. The van der Waals surface area contributed by atoms with Crippen LogP contribution in [0, 0.1) is 3.57 Å². The maximum atomic E-state index is 13.1. The molecule has 0 aliphatic heterocycles. The van der Waals surface area contributed by atoms with E-state index in [-0.39, 0.29) is 5.75 Å². The molecule has 5 nitrogen and oxygen atoms in total. The Kier molecular flexibility index (Phi) is 6.95. The lowest BCUT2D eigenvalue weighted by molar-refractivity contribution is -0.145. The fraction of sp³-hybridized carbons (Fsp3) is 0.364. The maximum absolute atomic E-state index is 13.1. The second-order valence-electron chi connectivity index (χ2n) is 3.93. The molecule has 0 saturated carbocycles. The van der Waals surface area contributed by atoms with Gasteiger partial charge in [0.05, 0.1) is 5.75 Å². The molecule has 1 N–H and O–H groups in total. The third kappa shape index (κ3) is 5.59. The van der Waals surface area contributed by atoms with Gasteiger partial charge in [0.1, 0.15) is 6.61 Å². The molecular weight excluding hydrogens is 460 g/mol. The minimum absolute atomic E-state index is 0.259. The molecule has 0 bridgehead atoms. The zero-order valence-corrected chi connectivity index (χ0v) is 14.5. The topological polar surface area (TPSA) is 80.7 Å². The van der Waals surface area contributed by atoms with Gasteiger partial charge in [-0.25, -0.2) is 4.39 Å². The maximum Gasteiger partial charge on any atom is 0.403 e. The number of hydrogen-bond acceptors (Lipinski definition) is 5. The van der Waals surface area contributed by atoms with Crippen molar-refractivity contribution in [3.63, 3.8) is 0 Å². The van der Waals surface area contributed by atoms with Crippen LogP contribution in [0.15, 0.2) is 29.2 Å². The van der Waals surface area contributed by atoms with E-state index in [1.54, 1.807) is 24.3 Å². The van der Waals surface area contributed by atoms with Gasteiger partial charge in [-0.05, 0) is 46.9 Å². The number of thioether (sulfide) groups is 1. The predicted octanol–water partition coefficient (Wildman–Crippen LogP) is 2.75. The Bertz CT molecular complexity index is 621. The molecule has 124 valence electrons. The summed E-state index contributed by atoms with van der Waals surface area (Å²) < 4.78 is 72.8. The van der Waals surface area contributed by atoms with Gasteiger partial charge in [0.15, 0.2) is 0 Å². The average Bonchev–Trinajstić information content (AvgIpc) is 2.42. The van der Waals surface area contributed by atoms with Gasteiger partial charge in [-0.3, -0.25) is 9.35 Å². The third-order valence-corrected chi connectivity index (χ3v) is 4.92. The van der Waals surface area contributed by atoms with Gasteiger partial charge in [-0.2, -0.15) is 17.2 Å². The molecule has 0 aromatic heterocycles. The lowest BCUT2D eigenvalue weighted by atomic mass is 10.4. The number of halogens is 4. The summed E-state index contributed by atoms with van der Waals surface area (Å²) in [6, 6.07) is 7.03. The number of rotatable bonds is 7. The first kappa shape index (κ1) is 19.5. The predicted molar refractivity (Wildman–Crippen MR) is 82.2 cm³/mol. The molecule has 0 spiro atoms. The Balaban J connectivity index is 2.45. The van der Waals surface area contributed by atoms with Crippen molar-refractivity contribution in [2.45, 2.75) is 16.3 Å². The highest BCUT2D eigenvalue weighted by Crippen LogP contribution is 2.27. The first-order valence-electron chi connectivity index (χ1n) is 5.57.